The minimum absolute atomic E-state index is 0.229. The lowest BCUT2D eigenvalue weighted by Crippen LogP contribution is -2.12. The van der Waals surface area contributed by atoms with E-state index in [1.54, 1.807) is 37.4 Å². The summed E-state index contributed by atoms with van der Waals surface area (Å²) in [5.74, 6) is -0.673. The zero-order chi connectivity index (χ0) is 24.6. The van der Waals surface area contributed by atoms with Crippen molar-refractivity contribution in [1.82, 2.24) is 4.98 Å². The Morgan fingerprint density at radius 1 is 0.829 bits per heavy atom. The average molecular weight is 467 g/mol. The Bertz CT molecular complexity index is 1320. The van der Waals surface area contributed by atoms with Crippen LogP contribution >= 0.6 is 0 Å². The molecule has 0 aliphatic rings. The molecule has 1 aromatic heterocycles. The zero-order valence-electron chi connectivity index (χ0n) is 19.7. The molecule has 4 aromatic rings. The van der Waals surface area contributed by atoms with Gasteiger partial charge in [-0.1, -0.05) is 54.6 Å². The van der Waals surface area contributed by atoms with Gasteiger partial charge in [0.05, 0.1) is 31.6 Å². The minimum atomic E-state index is -0.445. The molecule has 0 unspecified atom stereocenters. The number of amides is 1. The Kier molecular flexibility index (Phi) is 7.65. The van der Waals surface area contributed by atoms with E-state index in [2.05, 4.69) is 10.3 Å². The highest BCUT2D eigenvalue weighted by Gasteiger charge is 2.13. The molecule has 0 spiro atoms. The molecule has 1 N–H and O–H groups in total. The molecule has 1 amide bonds. The van der Waals surface area contributed by atoms with Gasteiger partial charge in [-0.15, -0.1) is 0 Å². The summed E-state index contributed by atoms with van der Waals surface area (Å²) in [5.41, 5.74) is 5.83. The number of esters is 1. The van der Waals surface area contributed by atoms with Crippen LogP contribution in [0.2, 0.25) is 0 Å². The van der Waals surface area contributed by atoms with Crippen molar-refractivity contribution in [1.29, 1.82) is 0 Å². The third-order valence-corrected chi connectivity index (χ3v) is 5.54. The SMILES string of the molecule is COC(=O)c1cc(-c2cccc(C(=O)Nc3ccc(COCc4ccccc4)cc3)c2)cnc1C. The Morgan fingerprint density at radius 3 is 2.26 bits per heavy atom. The second kappa shape index (κ2) is 11.2. The maximum absolute atomic E-state index is 12.9. The quantitative estimate of drug-likeness (QED) is 0.332. The molecule has 6 nitrogen and oxygen atoms in total. The Hall–Kier alpha value is -4.29. The summed E-state index contributed by atoms with van der Waals surface area (Å²) in [6, 6.07) is 26.5. The number of ether oxygens (including phenoxy) is 2. The first-order valence-electron chi connectivity index (χ1n) is 11.2. The Morgan fingerprint density at radius 2 is 1.54 bits per heavy atom. The first kappa shape index (κ1) is 23.9. The van der Waals surface area contributed by atoms with Crippen LogP contribution in [0.3, 0.4) is 0 Å². The van der Waals surface area contributed by atoms with Crippen molar-refractivity contribution in [2.45, 2.75) is 20.1 Å². The second-order valence-corrected chi connectivity index (χ2v) is 8.06. The van der Waals surface area contributed by atoms with Crippen LogP contribution in [-0.4, -0.2) is 24.0 Å². The number of nitrogens with zero attached hydrogens (tertiary/aromatic N) is 1. The highest BCUT2D eigenvalue weighted by molar-refractivity contribution is 6.05. The number of rotatable bonds is 8. The fraction of sp³-hybridized carbons (Fsp3) is 0.138. The summed E-state index contributed by atoms with van der Waals surface area (Å²) in [4.78, 5) is 29.2. The fourth-order valence-electron chi connectivity index (χ4n) is 3.60. The first-order chi connectivity index (χ1) is 17.0. The van der Waals surface area contributed by atoms with Gasteiger partial charge in [0.25, 0.3) is 5.91 Å². The van der Waals surface area contributed by atoms with Crippen molar-refractivity contribution < 1.29 is 19.1 Å². The number of aryl methyl sites for hydroxylation is 1. The number of carbonyl (C=O) groups is 2. The highest BCUT2D eigenvalue weighted by atomic mass is 16.5. The molecule has 6 heteroatoms. The predicted octanol–water partition coefficient (Wildman–Crippen LogP) is 5.81. The van der Waals surface area contributed by atoms with Crippen LogP contribution in [-0.2, 0) is 22.7 Å². The molecule has 0 aliphatic carbocycles. The monoisotopic (exact) mass is 466 g/mol. The van der Waals surface area contributed by atoms with Crippen LogP contribution in [0.4, 0.5) is 5.69 Å². The van der Waals surface area contributed by atoms with Crippen molar-refractivity contribution in [2.24, 2.45) is 0 Å². The maximum atomic E-state index is 12.9. The number of carbonyl (C=O) groups excluding carboxylic acids is 2. The maximum Gasteiger partial charge on any atom is 0.339 e. The largest absolute Gasteiger partial charge is 0.465 e. The lowest BCUT2D eigenvalue weighted by atomic mass is 10.0. The van der Waals surface area contributed by atoms with Crippen molar-refractivity contribution in [3.05, 3.63) is 119 Å². The van der Waals surface area contributed by atoms with E-state index < -0.39 is 5.97 Å². The van der Waals surface area contributed by atoms with Gasteiger partial charge in [-0.2, -0.15) is 0 Å². The van der Waals surface area contributed by atoms with Gasteiger partial charge in [-0.3, -0.25) is 9.78 Å². The van der Waals surface area contributed by atoms with Crippen molar-refractivity contribution >= 4 is 17.6 Å². The van der Waals surface area contributed by atoms with Crippen LogP contribution in [0, 0.1) is 6.92 Å². The van der Waals surface area contributed by atoms with Gasteiger partial charge in [-0.05, 0) is 53.9 Å². The minimum Gasteiger partial charge on any atom is -0.465 e. The van der Waals surface area contributed by atoms with Gasteiger partial charge in [0, 0.05) is 23.0 Å². The molecule has 0 bridgehead atoms. The first-order valence-corrected chi connectivity index (χ1v) is 11.2. The summed E-state index contributed by atoms with van der Waals surface area (Å²) in [5, 5.41) is 2.92. The lowest BCUT2D eigenvalue weighted by molar-refractivity contribution is 0.0599. The number of hydrogen-bond donors (Lipinski definition) is 1. The second-order valence-electron chi connectivity index (χ2n) is 8.06. The fourth-order valence-corrected chi connectivity index (χ4v) is 3.60. The molecule has 0 radical (unpaired) electrons. The molecule has 176 valence electrons. The molecular weight excluding hydrogens is 440 g/mol. The van der Waals surface area contributed by atoms with Gasteiger partial charge in [-0.25, -0.2) is 4.79 Å². The van der Waals surface area contributed by atoms with Gasteiger partial charge >= 0.3 is 5.97 Å². The average Bonchev–Trinajstić information content (AvgIpc) is 2.90. The Balaban J connectivity index is 1.40. The van der Waals surface area contributed by atoms with E-state index in [9.17, 15) is 9.59 Å². The van der Waals surface area contributed by atoms with E-state index in [1.165, 1.54) is 7.11 Å². The summed E-state index contributed by atoms with van der Waals surface area (Å²) in [7, 11) is 1.34. The number of hydrogen-bond acceptors (Lipinski definition) is 5. The molecule has 0 saturated heterocycles. The van der Waals surface area contributed by atoms with Gasteiger partial charge in [0.1, 0.15) is 0 Å². The third-order valence-electron chi connectivity index (χ3n) is 5.54. The predicted molar refractivity (Wildman–Crippen MR) is 135 cm³/mol. The molecule has 0 saturated carbocycles. The van der Waals surface area contributed by atoms with Gasteiger partial charge < -0.3 is 14.8 Å². The number of benzene rings is 3. The highest BCUT2D eigenvalue weighted by Crippen LogP contribution is 2.23. The van der Waals surface area contributed by atoms with Gasteiger partial charge in [0.15, 0.2) is 0 Å². The molecule has 35 heavy (non-hydrogen) atoms. The van der Waals surface area contributed by atoms with Crippen LogP contribution in [0.25, 0.3) is 11.1 Å². The smallest absolute Gasteiger partial charge is 0.339 e. The zero-order valence-corrected chi connectivity index (χ0v) is 19.7. The molecular formula is C29H26N2O4. The number of nitrogens with one attached hydrogen (secondary N) is 1. The van der Waals surface area contributed by atoms with Crippen molar-refractivity contribution in [3.8, 4) is 11.1 Å². The molecule has 3 aromatic carbocycles. The van der Waals surface area contributed by atoms with Crippen LogP contribution in [0.15, 0.2) is 91.1 Å². The molecule has 1 heterocycles. The van der Waals surface area contributed by atoms with E-state index in [0.29, 0.717) is 35.7 Å². The standard InChI is InChI=1S/C29H26N2O4/c1-20-27(29(33)34-2)16-25(17-30-20)23-9-6-10-24(15-23)28(32)31-26-13-11-22(12-14-26)19-35-18-21-7-4-3-5-8-21/h3-17H,18-19H2,1-2H3,(H,31,32). The number of aromatic nitrogens is 1. The molecule has 4 rings (SSSR count). The van der Waals surface area contributed by atoms with Crippen molar-refractivity contribution in [3.63, 3.8) is 0 Å². The lowest BCUT2D eigenvalue weighted by Gasteiger charge is -2.10. The number of anilines is 1. The summed E-state index contributed by atoms with van der Waals surface area (Å²) < 4.78 is 10.6. The van der Waals surface area contributed by atoms with E-state index in [1.807, 2.05) is 60.7 Å². The normalized spacial score (nSPS) is 10.6. The van der Waals surface area contributed by atoms with Crippen LogP contribution < -0.4 is 5.32 Å². The summed E-state index contributed by atoms with van der Waals surface area (Å²) >= 11 is 0. The Labute approximate surface area is 204 Å². The summed E-state index contributed by atoms with van der Waals surface area (Å²) in [6.07, 6.45) is 1.68. The topological polar surface area (TPSA) is 77.5 Å². The van der Waals surface area contributed by atoms with Crippen molar-refractivity contribution in [2.75, 3.05) is 12.4 Å². The van der Waals surface area contributed by atoms with E-state index in [-0.39, 0.29) is 5.91 Å². The molecule has 0 aliphatic heterocycles. The van der Waals surface area contributed by atoms with E-state index in [0.717, 1.165) is 22.3 Å². The molecule has 0 atom stereocenters. The molecule has 0 fully saturated rings. The third kappa shape index (κ3) is 6.19. The van der Waals surface area contributed by atoms with E-state index in [4.69, 9.17) is 9.47 Å². The van der Waals surface area contributed by atoms with E-state index >= 15 is 0 Å². The van der Waals surface area contributed by atoms with Crippen LogP contribution in [0.1, 0.15) is 37.5 Å². The van der Waals surface area contributed by atoms with Crippen LogP contribution in [0.5, 0.6) is 0 Å². The van der Waals surface area contributed by atoms with Gasteiger partial charge in [0.2, 0.25) is 0 Å². The number of pyridine rings is 1. The summed E-state index contributed by atoms with van der Waals surface area (Å²) in [6.45, 7) is 2.79. The number of methoxy groups -OCH3 is 1.